The molecule has 3 rings (SSSR count). The van der Waals surface area contributed by atoms with Crippen LogP contribution in [0.3, 0.4) is 0 Å². The van der Waals surface area contributed by atoms with Crippen LogP contribution in [0.5, 0.6) is 17.2 Å². The van der Waals surface area contributed by atoms with E-state index < -0.39 is 0 Å². The van der Waals surface area contributed by atoms with Crippen molar-refractivity contribution in [3.8, 4) is 17.2 Å². The molecule has 0 spiro atoms. The average Bonchev–Trinajstić information content (AvgIpc) is 2.78. The maximum Gasteiger partial charge on any atom is 0.248 e. The number of anilines is 1. The van der Waals surface area contributed by atoms with Crippen molar-refractivity contribution in [2.45, 2.75) is 13.5 Å². The first-order valence-electron chi connectivity index (χ1n) is 9.74. The number of hydrogen-bond acceptors (Lipinski definition) is 4. The molecule has 5 heteroatoms. The first kappa shape index (κ1) is 21.0. The van der Waals surface area contributed by atoms with Gasteiger partial charge in [-0.2, -0.15) is 0 Å². The second-order valence-corrected chi connectivity index (χ2v) is 6.46. The highest BCUT2D eigenvalue weighted by atomic mass is 16.5. The van der Waals surface area contributed by atoms with Crippen molar-refractivity contribution in [1.82, 2.24) is 0 Å². The van der Waals surface area contributed by atoms with Crippen LogP contribution in [0.25, 0.3) is 6.08 Å². The molecule has 1 amide bonds. The van der Waals surface area contributed by atoms with Gasteiger partial charge in [-0.3, -0.25) is 4.79 Å². The number of hydrogen-bond donors (Lipinski definition) is 1. The Labute approximate surface area is 176 Å². The van der Waals surface area contributed by atoms with Gasteiger partial charge in [-0.25, -0.2) is 0 Å². The fraction of sp³-hybridized carbons (Fsp3) is 0.160. The van der Waals surface area contributed by atoms with E-state index in [4.69, 9.17) is 14.2 Å². The highest BCUT2D eigenvalue weighted by Gasteiger charge is 2.06. The fourth-order valence-corrected chi connectivity index (χ4v) is 2.80. The second-order valence-electron chi connectivity index (χ2n) is 6.46. The molecule has 0 atom stereocenters. The van der Waals surface area contributed by atoms with Crippen molar-refractivity contribution in [1.29, 1.82) is 0 Å². The van der Waals surface area contributed by atoms with E-state index in [1.807, 2.05) is 67.6 Å². The fourth-order valence-electron chi connectivity index (χ4n) is 2.80. The lowest BCUT2D eigenvalue weighted by molar-refractivity contribution is -0.111. The molecule has 3 aromatic rings. The minimum Gasteiger partial charge on any atom is -0.494 e. The van der Waals surface area contributed by atoms with Crippen LogP contribution >= 0.6 is 0 Å². The van der Waals surface area contributed by atoms with E-state index in [2.05, 4.69) is 5.32 Å². The Morgan fingerprint density at radius 3 is 2.40 bits per heavy atom. The number of carbonyl (C=O) groups excluding carboxylic acids is 1. The van der Waals surface area contributed by atoms with Crippen molar-refractivity contribution in [3.63, 3.8) is 0 Å². The Morgan fingerprint density at radius 2 is 1.70 bits per heavy atom. The van der Waals surface area contributed by atoms with Gasteiger partial charge in [0, 0.05) is 11.8 Å². The number of amides is 1. The van der Waals surface area contributed by atoms with Crippen LogP contribution in [-0.4, -0.2) is 19.6 Å². The van der Waals surface area contributed by atoms with Gasteiger partial charge < -0.3 is 19.5 Å². The van der Waals surface area contributed by atoms with Gasteiger partial charge in [0.25, 0.3) is 0 Å². The van der Waals surface area contributed by atoms with E-state index in [0.29, 0.717) is 30.4 Å². The van der Waals surface area contributed by atoms with Crippen molar-refractivity contribution in [2.24, 2.45) is 0 Å². The van der Waals surface area contributed by atoms with Crippen LogP contribution in [-0.2, 0) is 11.4 Å². The van der Waals surface area contributed by atoms with Crippen LogP contribution < -0.4 is 19.5 Å². The standard InChI is InChI=1S/C25H25NO4/c1-3-29-22-13-11-21(12-14-22)26-25(27)16-10-19-9-15-23(24(17-19)28-2)30-18-20-7-5-4-6-8-20/h4-17H,3,18H2,1-2H3,(H,26,27). The predicted molar refractivity (Wildman–Crippen MR) is 119 cm³/mol. The molecule has 0 bridgehead atoms. The largest absolute Gasteiger partial charge is 0.494 e. The number of methoxy groups -OCH3 is 1. The minimum atomic E-state index is -0.220. The lowest BCUT2D eigenvalue weighted by Gasteiger charge is -2.11. The maximum atomic E-state index is 12.2. The van der Waals surface area contributed by atoms with E-state index in [1.54, 1.807) is 25.3 Å². The Balaban J connectivity index is 1.59. The van der Waals surface area contributed by atoms with Crippen LogP contribution in [0.1, 0.15) is 18.1 Å². The van der Waals surface area contributed by atoms with E-state index >= 15 is 0 Å². The predicted octanol–water partition coefficient (Wildman–Crippen LogP) is 5.32. The summed E-state index contributed by atoms with van der Waals surface area (Å²) in [7, 11) is 1.59. The van der Waals surface area contributed by atoms with Gasteiger partial charge in [0.1, 0.15) is 12.4 Å². The molecular formula is C25H25NO4. The monoisotopic (exact) mass is 403 g/mol. The lowest BCUT2D eigenvalue weighted by atomic mass is 10.2. The first-order chi connectivity index (χ1) is 14.7. The Hall–Kier alpha value is -3.73. The summed E-state index contributed by atoms with van der Waals surface area (Å²) in [6.07, 6.45) is 3.21. The van der Waals surface area contributed by atoms with Crippen molar-refractivity contribution >= 4 is 17.7 Å². The molecule has 0 aromatic heterocycles. The Morgan fingerprint density at radius 1 is 0.933 bits per heavy atom. The molecule has 0 saturated carbocycles. The van der Waals surface area contributed by atoms with Gasteiger partial charge in [-0.15, -0.1) is 0 Å². The van der Waals surface area contributed by atoms with Crippen molar-refractivity contribution < 1.29 is 19.0 Å². The Bertz CT molecular complexity index is 982. The average molecular weight is 403 g/mol. The zero-order chi connectivity index (χ0) is 21.2. The number of ether oxygens (including phenoxy) is 3. The summed E-state index contributed by atoms with van der Waals surface area (Å²) in [5.41, 5.74) is 2.62. The smallest absolute Gasteiger partial charge is 0.248 e. The van der Waals surface area contributed by atoms with Gasteiger partial charge in [0.05, 0.1) is 13.7 Å². The summed E-state index contributed by atoms with van der Waals surface area (Å²) < 4.78 is 16.7. The van der Waals surface area contributed by atoms with Crippen LogP contribution in [0.2, 0.25) is 0 Å². The lowest BCUT2D eigenvalue weighted by Crippen LogP contribution is -2.07. The molecule has 0 radical (unpaired) electrons. The molecule has 154 valence electrons. The number of carbonyl (C=O) groups is 1. The van der Waals surface area contributed by atoms with E-state index in [1.165, 1.54) is 6.08 Å². The van der Waals surface area contributed by atoms with Gasteiger partial charge in [0.2, 0.25) is 5.91 Å². The molecule has 0 aliphatic carbocycles. The van der Waals surface area contributed by atoms with E-state index in [9.17, 15) is 4.79 Å². The molecule has 30 heavy (non-hydrogen) atoms. The SMILES string of the molecule is CCOc1ccc(NC(=O)C=Cc2ccc(OCc3ccccc3)c(OC)c2)cc1. The molecule has 3 aromatic carbocycles. The molecule has 1 N–H and O–H groups in total. The molecule has 0 aliphatic heterocycles. The third-order valence-electron chi connectivity index (χ3n) is 4.28. The summed E-state index contributed by atoms with van der Waals surface area (Å²) in [6, 6.07) is 22.7. The summed E-state index contributed by atoms with van der Waals surface area (Å²) in [6.45, 7) is 2.99. The molecule has 5 nitrogen and oxygen atoms in total. The van der Waals surface area contributed by atoms with Crippen LogP contribution in [0.4, 0.5) is 5.69 Å². The topological polar surface area (TPSA) is 56.8 Å². The minimum absolute atomic E-state index is 0.220. The zero-order valence-corrected chi connectivity index (χ0v) is 17.1. The summed E-state index contributed by atoms with van der Waals surface area (Å²) >= 11 is 0. The van der Waals surface area contributed by atoms with E-state index in [0.717, 1.165) is 16.9 Å². The van der Waals surface area contributed by atoms with Crippen LogP contribution in [0, 0.1) is 0 Å². The normalized spacial score (nSPS) is 10.6. The highest BCUT2D eigenvalue weighted by molar-refractivity contribution is 6.01. The molecular weight excluding hydrogens is 378 g/mol. The molecule has 0 aliphatic rings. The maximum absolute atomic E-state index is 12.2. The molecule has 0 heterocycles. The third kappa shape index (κ3) is 6.14. The third-order valence-corrected chi connectivity index (χ3v) is 4.28. The van der Waals surface area contributed by atoms with Gasteiger partial charge in [-0.1, -0.05) is 36.4 Å². The summed E-state index contributed by atoms with van der Waals surface area (Å²) in [5, 5.41) is 2.82. The first-order valence-corrected chi connectivity index (χ1v) is 9.74. The summed E-state index contributed by atoms with van der Waals surface area (Å²) in [4.78, 5) is 12.2. The number of benzene rings is 3. The zero-order valence-electron chi connectivity index (χ0n) is 17.1. The number of rotatable bonds is 9. The van der Waals surface area contributed by atoms with Crippen LogP contribution in [0.15, 0.2) is 78.9 Å². The highest BCUT2D eigenvalue weighted by Crippen LogP contribution is 2.29. The van der Waals surface area contributed by atoms with Gasteiger partial charge in [-0.05, 0) is 60.5 Å². The van der Waals surface area contributed by atoms with E-state index in [-0.39, 0.29) is 5.91 Å². The van der Waals surface area contributed by atoms with Crippen molar-refractivity contribution in [2.75, 3.05) is 19.0 Å². The van der Waals surface area contributed by atoms with Gasteiger partial charge >= 0.3 is 0 Å². The number of nitrogens with one attached hydrogen (secondary N) is 1. The molecule has 0 fully saturated rings. The second kappa shape index (κ2) is 10.7. The molecule has 0 saturated heterocycles. The summed E-state index contributed by atoms with van der Waals surface area (Å²) in [5.74, 6) is 1.81. The van der Waals surface area contributed by atoms with Gasteiger partial charge in [0.15, 0.2) is 11.5 Å². The van der Waals surface area contributed by atoms with Crippen molar-refractivity contribution in [3.05, 3.63) is 90.0 Å². The molecule has 0 unspecified atom stereocenters. The Kier molecular flexibility index (Phi) is 7.50. The quantitative estimate of drug-likeness (QED) is 0.491.